The maximum absolute atomic E-state index is 11.9. The first-order chi connectivity index (χ1) is 13.0. The number of amides is 1. The number of nitrogens with zero attached hydrogens (tertiary/aromatic N) is 2. The van der Waals surface area contributed by atoms with E-state index in [0.29, 0.717) is 18.4 Å². The molecule has 5 heteroatoms. The quantitative estimate of drug-likeness (QED) is 0.585. The molecule has 2 atom stereocenters. The molecule has 0 fully saturated rings. The van der Waals surface area contributed by atoms with E-state index in [1.165, 1.54) is 5.56 Å². The van der Waals surface area contributed by atoms with Gasteiger partial charge in [-0.25, -0.2) is 4.99 Å². The van der Waals surface area contributed by atoms with E-state index in [1.807, 2.05) is 36.4 Å². The Bertz CT molecular complexity index is 728. The van der Waals surface area contributed by atoms with Crippen LogP contribution in [0.2, 0.25) is 0 Å². The van der Waals surface area contributed by atoms with Gasteiger partial charge in [0.2, 0.25) is 5.91 Å². The molecule has 2 rings (SSSR count). The summed E-state index contributed by atoms with van der Waals surface area (Å²) in [4.78, 5) is 18.2. The average Bonchev–Trinajstić information content (AvgIpc) is 2.70. The van der Waals surface area contributed by atoms with Crippen molar-refractivity contribution >= 4 is 11.9 Å². The van der Waals surface area contributed by atoms with Crippen LogP contribution in [0, 0.1) is 0 Å². The van der Waals surface area contributed by atoms with E-state index in [1.54, 1.807) is 19.0 Å². The molecule has 2 unspecified atom stereocenters. The van der Waals surface area contributed by atoms with Crippen molar-refractivity contribution in [3.8, 4) is 0 Å². The van der Waals surface area contributed by atoms with Crippen molar-refractivity contribution in [3.63, 3.8) is 0 Å². The average molecular weight is 367 g/mol. The van der Waals surface area contributed by atoms with E-state index in [-0.39, 0.29) is 18.5 Å². The van der Waals surface area contributed by atoms with Gasteiger partial charge in [-0.2, -0.15) is 0 Å². The van der Waals surface area contributed by atoms with Crippen molar-refractivity contribution in [1.29, 1.82) is 0 Å². The maximum atomic E-state index is 11.9. The Morgan fingerprint density at radius 3 is 2.19 bits per heavy atom. The molecule has 2 aromatic rings. The second-order valence-corrected chi connectivity index (χ2v) is 6.92. The standard InChI is InChI=1S/C22H30N4O/c1-17(20-13-9-6-10-14-20)18(2)25-22(24-16-21(27)26(3)4)23-15-19-11-7-5-8-12-19/h5-14,17-18H,15-16H2,1-4H3,(H2,23,24,25). The third kappa shape index (κ3) is 6.77. The predicted molar refractivity (Wildman–Crippen MR) is 112 cm³/mol. The molecule has 0 heterocycles. The first kappa shape index (κ1) is 20.5. The van der Waals surface area contributed by atoms with Crippen molar-refractivity contribution in [2.24, 2.45) is 4.99 Å². The van der Waals surface area contributed by atoms with Gasteiger partial charge >= 0.3 is 0 Å². The van der Waals surface area contributed by atoms with Crippen LogP contribution in [0.4, 0.5) is 0 Å². The molecule has 0 aromatic heterocycles. The minimum absolute atomic E-state index is 0.00738. The van der Waals surface area contributed by atoms with E-state index in [9.17, 15) is 4.79 Å². The van der Waals surface area contributed by atoms with Crippen molar-refractivity contribution in [2.75, 3.05) is 20.6 Å². The van der Waals surface area contributed by atoms with Crippen LogP contribution < -0.4 is 10.6 Å². The molecular formula is C22H30N4O. The van der Waals surface area contributed by atoms with Gasteiger partial charge in [-0.1, -0.05) is 67.6 Å². The van der Waals surface area contributed by atoms with Crippen molar-refractivity contribution in [1.82, 2.24) is 15.5 Å². The molecule has 0 radical (unpaired) electrons. The van der Waals surface area contributed by atoms with Crippen LogP contribution in [0.5, 0.6) is 0 Å². The van der Waals surface area contributed by atoms with Crippen molar-refractivity contribution in [2.45, 2.75) is 32.4 Å². The topological polar surface area (TPSA) is 56.7 Å². The molecule has 0 aliphatic carbocycles. The number of aliphatic imine (C=N–C) groups is 1. The Morgan fingerprint density at radius 2 is 1.59 bits per heavy atom. The number of hydrogen-bond donors (Lipinski definition) is 2. The van der Waals surface area contributed by atoms with E-state index < -0.39 is 0 Å². The molecule has 0 aliphatic rings. The van der Waals surface area contributed by atoms with Gasteiger partial charge in [-0.15, -0.1) is 0 Å². The summed E-state index contributed by atoms with van der Waals surface area (Å²) in [5, 5.41) is 6.60. The summed E-state index contributed by atoms with van der Waals surface area (Å²) in [6.07, 6.45) is 0. The molecule has 0 spiro atoms. The summed E-state index contributed by atoms with van der Waals surface area (Å²) in [5.74, 6) is 0.955. The number of carbonyl (C=O) groups excluding carboxylic acids is 1. The van der Waals surface area contributed by atoms with Crippen LogP contribution in [0.3, 0.4) is 0 Å². The molecule has 2 aromatic carbocycles. The third-order valence-electron chi connectivity index (χ3n) is 4.61. The Labute approximate surface area is 162 Å². The summed E-state index contributed by atoms with van der Waals surface area (Å²) in [7, 11) is 3.50. The number of nitrogens with one attached hydrogen (secondary N) is 2. The maximum Gasteiger partial charge on any atom is 0.241 e. The second-order valence-electron chi connectivity index (χ2n) is 6.92. The molecule has 144 valence electrons. The SMILES string of the molecule is CC(NC(=NCc1ccccc1)NCC(=O)N(C)C)C(C)c1ccccc1. The molecular weight excluding hydrogens is 336 g/mol. The highest BCUT2D eigenvalue weighted by atomic mass is 16.2. The summed E-state index contributed by atoms with van der Waals surface area (Å²) >= 11 is 0. The van der Waals surface area contributed by atoms with E-state index >= 15 is 0 Å². The summed E-state index contributed by atoms with van der Waals surface area (Å²) in [5.41, 5.74) is 2.39. The van der Waals surface area contributed by atoms with Gasteiger partial charge in [-0.05, 0) is 18.1 Å². The number of rotatable bonds is 7. The van der Waals surface area contributed by atoms with Gasteiger partial charge in [0.25, 0.3) is 0 Å². The molecule has 2 N–H and O–H groups in total. The van der Waals surface area contributed by atoms with Crippen molar-refractivity contribution < 1.29 is 4.79 Å². The van der Waals surface area contributed by atoms with Gasteiger partial charge < -0.3 is 15.5 Å². The Kier molecular flexibility index (Phi) is 7.86. The minimum atomic E-state index is 0.00738. The van der Waals surface area contributed by atoms with Gasteiger partial charge in [-0.3, -0.25) is 4.79 Å². The first-order valence-electron chi connectivity index (χ1n) is 9.31. The van der Waals surface area contributed by atoms with Crippen LogP contribution in [0.25, 0.3) is 0 Å². The Balaban J connectivity index is 2.06. The first-order valence-corrected chi connectivity index (χ1v) is 9.31. The number of benzene rings is 2. The minimum Gasteiger partial charge on any atom is -0.353 e. The zero-order chi connectivity index (χ0) is 19.6. The zero-order valence-electron chi connectivity index (χ0n) is 16.6. The number of carbonyl (C=O) groups is 1. The van der Waals surface area contributed by atoms with Gasteiger partial charge in [0.05, 0.1) is 13.1 Å². The van der Waals surface area contributed by atoms with Crippen LogP contribution in [-0.4, -0.2) is 43.4 Å². The Morgan fingerprint density at radius 1 is 1.00 bits per heavy atom. The third-order valence-corrected chi connectivity index (χ3v) is 4.61. The van der Waals surface area contributed by atoms with E-state index in [0.717, 1.165) is 5.56 Å². The smallest absolute Gasteiger partial charge is 0.241 e. The van der Waals surface area contributed by atoms with Crippen LogP contribution in [-0.2, 0) is 11.3 Å². The normalized spacial score (nSPS) is 13.6. The lowest BCUT2D eigenvalue weighted by atomic mass is 9.94. The zero-order valence-corrected chi connectivity index (χ0v) is 16.6. The number of likely N-dealkylation sites (N-methyl/N-ethyl adjacent to an activating group) is 1. The van der Waals surface area contributed by atoms with Gasteiger partial charge in [0.1, 0.15) is 0 Å². The molecule has 0 saturated carbocycles. The lowest BCUT2D eigenvalue weighted by Gasteiger charge is -2.24. The summed E-state index contributed by atoms with van der Waals surface area (Å²) in [6.45, 7) is 5.08. The predicted octanol–water partition coefficient (Wildman–Crippen LogP) is 3.00. The summed E-state index contributed by atoms with van der Waals surface area (Å²) < 4.78 is 0. The summed E-state index contributed by atoms with van der Waals surface area (Å²) in [6, 6.07) is 20.6. The van der Waals surface area contributed by atoms with Gasteiger partial charge in [0, 0.05) is 26.1 Å². The molecule has 27 heavy (non-hydrogen) atoms. The lowest BCUT2D eigenvalue weighted by Crippen LogP contribution is -2.47. The van der Waals surface area contributed by atoms with Gasteiger partial charge in [0.15, 0.2) is 5.96 Å². The molecule has 0 aliphatic heterocycles. The largest absolute Gasteiger partial charge is 0.353 e. The Hall–Kier alpha value is -2.82. The molecule has 0 bridgehead atoms. The van der Waals surface area contributed by atoms with Crippen LogP contribution in [0.15, 0.2) is 65.7 Å². The highest BCUT2D eigenvalue weighted by Crippen LogP contribution is 2.18. The van der Waals surface area contributed by atoms with Crippen LogP contribution in [0.1, 0.15) is 30.9 Å². The highest BCUT2D eigenvalue weighted by Gasteiger charge is 2.16. The fourth-order valence-corrected chi connectivity index (χ4v) is 2.61. The number of guanidine groups is 1. The second kappa shape index (κ2) is 10.4. The van der Waals surface area contributed by atoms with Crippen LogP contribution >= 0.6 is 0 Å². The monoisotopic (exact) mass is 366 g/mol. The molecule has 5 nitrogen and oxygen atoms in total. The molecule has 1 amide bonds. The van der Waals surface area contributed by atoms with E-state index in [2.05, 4.69) is 53.7 Å². The fraction of sp³-hybridized carbons (Fsp3) is 0.364. The van der Waals surface area contributed by atoms with E-state index in [4.69, 9.17) is 0 Å². The molecule has 0 saturated heterocycles. The lowest BCUT2D eigenvalue weighted by molar-refractivity contribution is -0.127. The fourth-order valence-electron chi connectivity index (χ4n) is 2.61. The van der Waals surface area contributed by atoms with Crippen molar-refractivity contribution in [3.05, 3.63) is 71.8 Å². The number of hydrogen-bond acceptors (Lipinski definition) is 2. The highest BCUT2D eigenvalue weighted by molar-refractivity contribution is 5.86.